The maximum absolute atomic E-state index is 11.9. The lowest BCUT2D eigenvalue weighted by Gasteiger charge is -2.08. The van der Waals surface area contributed by atoms with Gasteiger partial charge >= 0.3 is 11.9 Å². The van der Waals surface area contributed by atoms with Gasteiger partial charge in [0.2, 0.25) is 12.2 Å². The molecule has 0 bridgehead atoms. The van der Waals surface area contributed by atoms with Crippen LogP contribution in [0.3, 0.4) is 0 Å². The van der Waals surface area contributed by atoms with Crippen LogP contribution >= 0.6 is 0 Å². The molecule has 0 fully saturated rings. The highest BCUT2D eigenvalue weighted by Gasteiger charge is 2.08. The van der Waals surface area contributed by atoms with Crippen LogP contribution in [0.2, 0.25) is 0 Å². The summed E-state index contributed by atoms with van der Waals surface area (Å²) < 4.78 is 26.2. The van der Waals surface area contributed by atoms with E-state index >= 15 is 0 Å². The summed E-state index contributed by atoms with van der Waals surface area (Å²) in [5, 5.41) is 0. The number of aliphatic imine (C=N–C) groups is 2. The molecule has 0 N–H and O–H groups in total. The van der Waals surface area contributed by atoms with Gasteiger partial charge in [-0.2, -0.15) is 9.98 Å². The molecule has 0 aliphatic carbocycles. The first-order chi connectivity index (χ1) is 17.1. The van der Waals surface area contributed by atoms with Gasteiger partial charge in [0.1, 0.15) is 13.2 Å². The van der Waals surface area contributed by atoms with Gasteiger partial charge < -0.3 is 23.7 Å². The predicted molar refractivity (Wildman–Crippen MR) is 121 cm³/mol. The number of hydrogen-bond acceptors (Lipinski definition) is 11. The van der Waals surface area contributed by atoms with E-state index in [-0.39, 0.29) is 37.6 Å². The van der Waals surface area contributed by atoms with E-state index in [1.54, 1.807) is 36.4 Å². The summed E-state index contributed by atoms with van der Waals surface area (Å²) in [7, 11) is 0. The largest absolute Gasteiger partial charge is 0.460 e. The maximum Gasteiger partial charge on any atom is 0.338 e. The second kappa shape index (κ2) is 16.6. The Bertz CT molecular complexity index is 977. The topological polar surface area (TPSA) is 139 Å². The number of rotatable bonds is 16. The summed E-state index contributed by atoms with van der Waals surface area (Å²) >= 11 is 0. The molecule has 2 aromatic rings. The van der Waals surface area contributed by atoms with Crippen LogP contribution in [-0.4, -0.2) is 77.0 Å². The Labute approximate surface area is 201 Å². The molecule has 0 heterocycles. The van der Waals surface area contributed by atoms with E-state index in [1.807, 2.05) is 0 Å². The van der Waals surface area contributed by atoms with Crippen LogP contribution in [-0.2, 0) is 33.3 Å². The summed E-state index contributed by atoms with van der Waals surface area (Å²) in [5.74, 6) is -1.09. The van der Waals surface area contributed by atoms with Gasteiger partial charge in [-0.15, -0.1) is 0 Å². The Hall–Kier alpha value is -3.98. The van der Waals surface area contributed by atoms with Gasteiger partial charge in [-0.3, -0.25) is 0 Å². The Morgan fingerprint density at radius 1 is 0.600 bits per heavy atom. The van der Waals surface area contributed by atoms with Crippen LogP contribution in [0.5, 0.6) is 0 Å². The van der Waals surface area contributed by atoms with Crippen molar-refractivity contribution in [2.24, 2.45) is 9.98 Å². The van der Waals surface area contributed by atoms with Crippen molar-refractivity contribution in [1.82, 2.24) is 0 Å². The summed E-state index contributed by atoms with van der Waals surface area (Å²) in [6, 6.07) is 12.3. The molecular formula is C24H24N2O9. The number of hydrogen-bond donors (Lipinski definition) is 0. The summed E-state index contributed by atoms with van der Waals surface area (Å²) in [6.07, 6.45) is 2.82. The standard InChI is InChI=1S/C24H24N2O9/c27-17-25-21-5-1-3-19(15-21)23(29)34-13-11-32-9-7-31-8-10-33-12-14-35-24(30)20-4-2-6-22(16-20)26-18-28/h1-6,15-16H,7-14H2. The Morgan fingerprint density at radius 2 is 0.971 bits per heavy atom. The normalized spacial score (nSPS) is 10.1. The van der Waals surface area contributed by atoms with Crippen molar-refractivity contribution in [3.8, 4) is 0 Å². The zero-order chi connectivity index (χ0) is 25.1. The first-order valence-corrected chi connectivity index (χ1v) is 10.6. The van der Waals surface area contributed by atoms with Crippen LogP contribution in [0, 0.1) is 0 Å². The molecule has 2 aromatic carbocycles. The van der Waals surface area contributed by atoms with E-state index in [4.69, 9.17) is 23.7 Å². The summed E-state index contributed by atoms with van der Waals surface area (Å²) in [6.45, 7) is 1.82. The minimum atomic E-state index is -0.545. The number of carbonyl (C=O) groups excluding carboxylic acids is 4. The second-order valence-electron chi connectivity index (χ2n) is 6.62. The van der Waals surface area contributed by atoms with Crippen molar-refractivity contribution in [3.63, 3.8) is 0 Å². The highest BCUT2D eigenvalue weighted by molar-refractivity contribution is 5.91. The van der Waals surface area contributed by atoms with Crippen LogP contribution in [0.1, 0.15) is 20.7 Å². The van der Waals surface area contributed by atoms with Crippen molar-refractivity contribution in [1.29, 1.82) is 0 Å². The minimum Gasteiger partial charge on any atom is -0.460 e. The monoisotopic (exact) mass is 484 g/mol. The molecule has 0 radical (unpaired) electrons. The van der Waals surface area contributed by atoms with Gasteiger partial charge in [0.25, 0.3) is 0 Å². The quantitative estimate of drug-likeness (QED) is 0.152. The van der Waals surface area contributed by atoms with Gasteiger partial charge in [-0.05, 0) is 36.4 Å². The zero-order valence-electron chi connectivity index (χ0n) is 18.8. The molecule has 35 heavy (non-hydrogen) atoms. The smallest absolute Gasteiger partial charge is 0.338 e. The zero-order valence-corrected chi connectivity index (χ0v) is 18.8. The summed E-state index contributed by atoms with van der Waals surface area (Å²) in [4.78, 5) is 51.3. The highest BCUT2D eigenvalue weighted by Crippen LogP contribution is 2.15. The van der Waals surface area contributed by atoms with E-state index in [0.29, 0.717) is 37.8 Å². The first-order valence-electron chi connectivity index (χ1n) is 10.6. The molecule has 11 heteroatoms. The third kappa shape index (κ3) is 11.1. The van der Waals surface area contributed by atoms with Crippen molar-refractivity contribution in [2.75, 3.05) is 52.9 Å². The minimum absolute atomic E-state index is 0.0659. The number of benzene rings is 2. The third-order valence-electron chi connectivity index (χ3n) is 4.18. The van der Waals surface area contributed by atoms with Crippen molar-refractivity contribution in [3.05, 3.63) is 59.7 Å². The Balaban J connectivity index is 1.43. The lowest BCUT2D eigenvalue weighted by Crippen LogP contribution is -2.15. The van der Waals surface area contributed by atoms with E-state index in [2.05, 4.69) is 9.98 Å². The lowest BCUT2D eigenvalue weighted by molar-refractivity contribution is -0.00674. The van der Waals surface area contributed by atoms with Crippen LogP contribution in [0.4, 0.5) is 11.4 Å². The van der Waals surface area contributed by atoms with Gasteiger partial charge in [-0.25, -0.2) is 19.2 Å². The average molecular weight is 484 g/mol. The molecule has 0 saturated heterocycles. The Morgan fingerprint density at radius 3 is 1.34 bits per heavy atom. The molecule has 184 valence electrons. The molecule has 0 atom stereocenters. The van der Waals surface area contributed by atoms with E-state index in [1.165, 1.54) is 24.3 Å². The van der Waals surface area contributed by atoms with Gasteiger partial charge in [0.15, 0.2) is 0 Å². The van der Waals surface area contributed by atoms with Gasteiger partial charge in [0, 0.05) is 0 Å². The number of nitrogens with zero attached hydrogens (tertiary/aromatic N) is 2. The molecular weight excluding hydrogens is 460 g/mol. The van der Waals surface area contributed by atoms with E-state index < -0.39 is 11.9 Å². The van der Waals surface area contributed by atoms with Crippen molar-refractivity contribution in [2.45, 2.75) is 0 Å². The molecule has 0 aliphatic heterocycles. The van der Waals surface area contributed by atoms with Crippen molar-refractivity contribution >= 4 is 35.5 Å². The van der Waals surface area contributed by atoms with Crippen LogP contribution < -0.4 is 0 Å². The molecule has 0 saturated carbocycles. The molecule has 0 unspecified atom stereocenters. The highest BCUT2D eigenvalue weighted by atomic mass is 16.6. The van der Waals surface area contributed by atoms with Gasteiger partial charge in [-0.1, -0.05) is 12.1 Å². The molecule has 0 aliphatic rings. The number of esters is 2. The molecule has 2 rings (SSSR count). The van der Waals surface area contributed by atoms with Crippen LogP contribution in [0.15, 0.2) is 58.5 Å². The second-order valence-corrected chi connectivity index (χ2v) is 6.62. The SMILES string of the molecule is O=C=Nc1cccc(C(=O)OCCOCCOCCOCCOC(=O)c2cccc(N=C=O)c2)c1. The van der Waals surface area contributed by atoms with E-state index in [0.717, 1.165) is 0 Å². The summed E-state index contributed by atoms with van der Waals surface area (Å²) in [5.41, 5.74) is 1.19. The van der Waals surface area contributed by atoms with Crippen LogP contribution in [0.25, 0.3) is 0 Å². The fourth-order valence-electron chi connectivity index (χ4n) is 2.61. The Kier molecular flexibility index (Phi) is 12.9. The average Bonchev–Trinajstić information content (AvgIpc) is 2.87. The maximum atomic E-state index is 11.9. The van der Waals surface area contributed by atoms with Gasteiger partial charge in [0.05, 0.1) is 62.1 Å². The third-order valence-corrected chi connectivity index (χ3v) is 4.18. The predicted octanol–water partition coefficient (Wildman–Crippen LogP) is 2.68. The number of isocyanates is 2. The molecule has 0 amide bonds. The molecule has 0 spiro atoms. The lowest BCUT2D eigenvalue weighted by atomic mass is 10.2. The van der Waals surface area contributed by atoms with Crippen molar-refractivity contribution < 1.29 is 42.9 Å². The first kappa shape index (κ1) is 27.3. The number of ether oxygens (including phenoxy) is 5. The molecule has 11 nitrogen and oxygen atoms in total. The fraction of sp³-hybridized carbons (Fsp3) is 0.333. The van der Waals surface area contributed by atoms with E-state index in [9.17, 15) is 19.2 Å². The number of carbonyl (C=O) groups is 2. The fourth-order valence-corrected chi connectivity index (χ4v) is 2.61. The molecule has 0 aromatic heterocycles.